The van der Waals surface area contributed by atoms with Crippen molar-refractivity contribution in [3.8, 4) is 0 Å². The number of thiocarbonyl (C=S) groups is 1. The van der Waals surface area contributed by atoms with Crippen molar-refractivity contribution in [1.82, 2.24) is 9.88 Å². The standard InChI is InChI=1S/C18H15F2N3O2S3/c1-3-6-22-16(25)15(28-18(22)26)8-12-9-27-17(21-12)23(10(2)24)14-5-4-11(19)7-13(14)20/h4-5,7-9H,3,6H2,1-2H3. The van der Waals surface area contributed by atoms with Crippen LogP contribution in [0.4, 0.5) is 19.6 Å². The molecule has 146 valence electrons. The summed E-state index contributed by atoms with van der Waals surface area (Å²) in [4.78, 5) is 31.9. The third-order valence-electron chi connectivity index (χ3n) is 3.77. The fourth-order valence-corrected chi connectivity index (χ4v) is 4.70. The molecule has 1 saturated heterocycles. The van der Waals surface area contributed by atoms with Gasteiger partial charge in [0.05, 0.1) is 16.3 Å². The van der Waals surface area contributed by atoms with Crippen molar-refractivity contribution in [3.63, 3.8) is 0 Å². The molecule has 28 heavy (non-hydrogen) atoms. The van der Waals surface area contributed by atoms with Crippen molar-refractivity contribution in [2.24, 2.45) is 0 Å². The zero-order chi connectivity index (χ0) is 20.4. The second-order valence-electron chi connectivity index (χ2n) is 5.84. The van der Waals surface area contributed by atoms with Gasteiger partial charge in [-0.1, -0.05) is 30.9 Å². The minimum atomic E-state index is -0.868. The smallest absolute Gasteiger partial charge is 0.266 e. The van der Waals surface area contributed by atoms with Crippen molar-refractivity contribution in [3.05, 3.63) is 45.8 Å². The summed E-state index contributed by atoms with van der Waals surface area (Å²) < 4.78 is 27.8. The Labute approximate surface area is 174 Å². The van der Waals surface area contributed by atoms with Gasteiger partial charge in [0.2, 0.25) is 5.91 Å². The van der Waals surface area contributed by atoms with E-state index in [9.17, 15) is 18.4 Å². The first-order valence-corrected chi connectivity index (χ1v) is 10.4. The van der Waals surface area contributed by atoms with Gasteiger partial charge in [-0.3, -0.25) is 19.4 Å². The largest absolute Gasteiger partial charge is 0.293 e. The summed E-state index contributed by atoms with van der Waals surface area (Å²) in [5.41, 5.74) is 0.356. The number of halogens is 2. The van der Waals surface area contributed by atoms with Gasteiger partial charge in [-0.05, 0) is 24.6 Å². The van der Waals surface area contributed by atoms with Gasteiger partial charge in [-0.2, -0.15) is 0 Å². The maximum absolute atomic E-state index is 14.2. The third-order valence-corrected chi connectivity index (χ3v) is 5.99. The van der Waals surface area contributed by atoms with E-state index >= 15 is 0 Å². The fraction of sp³-hybridized carbons (Fsp3) is 0.222. The van der Waals surface area contributed by atoms with Crippen molar-refractivity contribution in [1.29, 1.82) is 0 Å². The Bertz CT molecular complexity index is 990. The van der Waals surface area contributed by atoms with Gasteiger partial charge in [0, 0.05) is 24.9 Å². The number of hydrogen-bond donors (Lipinski definition) is 0. The number of amides is 2. The van der Waals surface area contributed by atoms with Crippen LogP contribution in [0, 0.1) is 11.6 Å². The molecule has 0 spiro atoms. The molecule has 1 aromatic carbocycles. The van der Waals surface area contributed by atoms with Crippen LogP contribution >= 0.6 is 35.3 Å². The molecule has 10 heteroatoms. The highest BCUT2D eigenvalue weighted by Crippen LogP contribution is 2.35. The Morgan fingerprint density at radius 3 is 2.79 bits per heavy atom. The Hall–Kier alpha value is -2.17. The second-order valence-corrected chi connectivity index (χ2v) is 8.35. The number of hydrogen-bond acceptors (Lipinski definition) is 6. The predicted octanol–water partition coefficient (Wildman–Crippen LogP) is 4.72. The molecule has 2 aromatic rings. The number of nitrogens with zero attached hydrogens (tertiary/aromatic N) is 3. The predicted molar refractivity (Wildman–Crippen MR) is 111 cm³/mol. The topological polar surface area (TPSA) is 53.5 Å². The van der Waals surface area contributed by atoms with Crippen molar-refractivity contribution < 1.29 is 18.4 Å². The average Bonchev–Trinajstić information content (AvgIpc) is 3.17. The van der Waals surface area contributed by atoms with Gasteiger partial charge in [-0.25, -0.2) is 13.8 Å². The lowest BCUT2D eigenvalue weighted by Gasteiger charge is -2.18. The van der Waals surface area contributed by atoms with E-state index in [-0.39, 0.29) is 16.7 Å². The Morgan fingerprint density at radius 1 is 1.39 bits per heavy atom. The molecule has 2 heterocycles. The number of benzene rings is 1. The normalized spacial score (nSPS) is 15.6. The molecule has 5 nitrogen and oxygen atoms in total. The van der Waals surface area contributed by atoms with E-state index in [1.54, 1.807) is 11.5 Å². The Balaban J connectivity index is 1.91. The number of rotatable bonds is 5. The summed E-state index contributed by atoms with van der Waals surface area (Å²) in [6.45, 7) is 3.77. The molecule has 1 aromatic heterocycles. The average molecular weight is 440 g/mol. The van der Waals surface area contributed by atoms with Gasteiger partial charge >= 0.3 is 0 Å². The lowest BCUT2D eigenvalue weighted by molar-refractivity contribution is -0.122. The van der Waals surface area contributed by atoms with Crippen LogP contribution in [0.5, 0.6) is 0 Å². The zero-order valence-corrected chi connectivity index (χ0v) is 17.4. The van der Waals surface area contributed by atoms with E-state index in [1.165, 1.54) is 29.7 Å². The zero-order valence-electron chi connectivity index (χ0n) is 14.9. The molecule has 0 aliphatic carbocycles. The minimum absolute atomic E-state index is 0.0935. The maximum Gasteiger partial charge on any atom is 0.266 e. The first-order valence-electron chi connectivity index (χ1n) is 8.28. The highest BCUT2D eigenvalue weighted by Gasteiger charge is 2.31. The first-order chi connectivity index (χ1) is 13.3. The van der Waals surface area contributed by atoms with Gasteiger partial charge in [0.15, 0.2) is 5.13 Å². The van der Waals surface area contributed by atoms with Gasteiger partial charge < -0.3 is 0 Å². The lowest BCUT2D eigenvalue weighted by Crippen LogP contribution is -2.28. The van der Waals surface area contributed by atoms with Gasteiger partial charge in [-0.15, -0.1) is 11.3 Å². The van der Waals surface area contributed by atoms with E-state index < -0.39 is 17.5 Å². The van der Waals surface area contributed by atoms with Crippen molar-refractivity contribution in [2.45, 2.75) is 20.3 Å². The van der Waals surface area contributed by atoms with Crippen LogP contribution in [0.25, 0.3) is 6.08 Å². The number of carbonyl (C=O) groups excluding carboxylic acids is 2. The second kappa shape index (κ2) is 8.46. The number of thioether (sulfide) groups is 1. The summed E-state index contributed by atoms with van der Waals surface area (Å²) in [5, 5.41) is 1.87. The summed E-state index contributed by atoms with van der Waals surface area (Å²) in [5.74, 6) is -2.26. The van der Waals surface area contributed by atoms with E-state index in [1.807, 2.05) is 6.92 Å². The summed E-state index contributed by atoms with van der Waals surface area (Å²) in [7, 11) is 0. The summed E-state index contributed by atoms with van der Waals surface area (Å²) in [6, 6.07) is 2.96. The molecule has 0 N–H and O–H groups in total. The molecule has 1 fully saturated rings. The Morgan fingerprint density at radius 2 is 2.14 bits per heavy atom. The quantitative estimate of drug-likeness (QED) is 0.499. The van der Waals surface area contributed by atoms with E-state index in [2.05, 4.69) is 4.98 Å². The monoisotopic (exact) mass is 439 g/mol. The Kier molecular flexibility index (Phi) is 6.21. The van der Waals surface area contributed by atoms with Crippen LogP contribution in [-0.2, 0) is 9.59 Å². The van der Waals surface area contributed by atoms with Crippen LogP contribution in [0.1, 0.15) is 26.0 Å². The van der Waals surface area contributed by atoms with Crippen molar-refractivity contribution in [2.75, 3.05) is 11.4 Å². The first kappa shape index (κ1) is 20.6. The molecule has 1 aliphatic heterocycles. The molecular formula is C18H15F2N3O2S3. The number of anilines is 2. The molecule has 3 rings (SSSR count). The van der Waals surface area contributed by atoms with E-state index in [0.29, 0.717) is 27.5 Å². The summed E-state index contributed by atoms with van der Waals surface area (Å²) >= 11 is 7.53. The minimum Gasteiger partial charge on any atom is -0.293 e. The van der Waals surface area contributed by atoms with Crippen molar-refractivity contribution >= 4 is 68.3 Å². The number of carbonyl (C=O) groups is 2. The van der Waals surface area contributed by atoms with E-state index in [0.717, 1.165) is 28.7 Å². The molecule has 0 unspecified atom stereocenters. The van der Waals surface area contributed by atoms with Crippen LogP contribution in [0.2, 0.25) is 0 Å². The maximum atomic E-state index is 14.2. The highest BCUT2D eigenvalue weighted by molar-refractivity contribution is 8.26. The fourth-order valence-electron chi connectivity index (χ4n) is 2.57. The van der Waals surface area contributed by atoms with Gasteiger partial charge in [0.1, 0.15) is 16.0 Å². The highest BCUT2D eigenvalue weighted by atomic mass is 32.2. The van der Waals surface area contributed by atoms with Gasteiger partial charge in [0.25, 0.3) is 5.91 Å². The van der Waals surface area contributed by atoms with Crippen LogP contribution in [0.3, 0.4) is 0 Å². The molecule has 0 atom stereocenters. The number of aromatic nitrogens is 1. The molecule has 1 aliphatic rings. The molecule has 2 amide bonds. The molecular weight excluding hydrogens is 424 g/mol. The third kappa shape index (κ3) is 4.13. The lowest BCUT2D eigenvalue weighted by atomic mass is 10.2. The molecule has 0 radical (unpaired) electrons. The van der Waals surface area contributed by atoms with Crippen LogP contribution in [0.15, 0.2) is 28.5 Å². The molecule has 0 bridgehead atoms. The number of thiazole rings is 1. The van der Waals surface area contributed by atoms with Crippen LogP contribution < -0.4 is 4.90 Å². The molecule has 0 saturated carbocycles. The van der Waals surface area contributed by atoms with Crippen LogP contribution in [-0.4, -0.2) is 32.6 Å². The summed E-state index contributed by atoms with van der Waals surface area (Å²) in [6.07, 6.45) is 2.38. The van der Waals surface area contributed by atoms with E-state index in [4.69, 9.17) is 12.2 Å². The SMILES string of the molecule is CCCN1C(=O)C(=Cc2csc(N(C(C)=O)c3ccc(F)cc3F)n2)SC1=S.